The number of fused-ring (bicyclic) bond motifs is 3. The zero-order valence-corrected chi connectivity index (χ0v) is 35.2. The molecule has 1 aromatic heterocycles. The Morgan fingerprint density at radius 2 is 1.80 bits per heavy atom. The van der Waals surface area contributed by atoms with Gasteiger partial charge in [0.15, 0.2) is 0 Å². The van der Waals surface area contributed by atoms with Crippen molar-refractivity contribution in [1.29, 1.82) is 0 Å². The molecule has 1 saturated heterocycles. The molecule has 6 rings (SSSR count). The lowest BCUT2D eigenvalue weighted by molar-refractivity contribution is -0.222. The monoisotopic (exact) mass is 849 g/mol. The summed E-state index contributed by atoms with van der Waals surface area (Å²) in [5.41, 5.74) is -4.76. The summed E-state index contributed by atoms with van der Waals surface area (Å²) in [5.74, 6) is -4.29. The summed E-state index contributed by atoms with van der Waals surface area (Å²) in [5, 5.41) is 14.5. The molecule has 4 aliphatic rings. The number of rotatable bonds is 9. The summed E-state index contributed by atoms with van der Waals surface area (Å²) < 4.78 is 84.0. The molecular weight excluding hydrogens is 796 g/mol. The number of hydrogen-bond acceptors (Lipinski definition) is 9. The van der Waals surface area contributed by atoms with Gasteiger partial charge < -0.3 is 24.8 Å². The van der Waals surface area contributed by atoms with Crippen LogP contribution in [0.3, 0.4) is 0 Å². The van der Waals surface area contributed by atoms with E-state index in [1.165, 1.54) is 13.8 Å². The van der Waals surface area contributed by atoms with Crippen LogP contribution in [0.2, 0.25) is 0 Å². The molecule has 0 bridgehead atoms. The highest BCUT2D eigenvalue weighted by molar-refractivity contribution is 7.91. The Morgan fingerprint density at radius 1 is 1.12 bits per heavy atom. The van der Waals surface area contributed by atoms with Crippen molar-refractivity contribution in [3.8, 4) is 11.8 Å². The van der Waals surface area contributed by atoms with Crippen LogP contribution in [0.5, 0.6) is 11.8 Å². The number of aromatic nitrogens is 1. The third-order valence-electron chi connectivity index (χ3n) is 12.3. The van der Waals surface area contributed by atoms with Crippen LogP contribution in [0.1, 0.15) is 93.4 Å². The molecule has 59 heavy (non-hydrogen) atoms. The summed E-state index contributed by atoms with van der Waals surface area (Å²) >= 11 is 0. The van der Waals surface area contributed by atoms with Gasteiger partial charge in [-0.2, -0.15) is 18.2 Å². The van der Waals surface area contributed by atoms with Crippen molar-refractivity contribution >= 4 is 44.6 Å². The highest BCUT2D eigenvalue weighted by Gasteiger charge is 2.64. The number of ether oxygens (including phenoxy) is 2. The van der Waals surface area contributed by atoms with E-state index in [2.05, 4.69) is 15.0 Å². The molecule has 1 aromatic carbocycles. The molecule has 0 radical (unpaired) electrons. The predicted octanol–water partition coefficient (Wildman–Crippen LogP) is 5.95. The summed E-state index contributed by atoms with van der Waals surface area (Å²) in [6.07, 6.45) is -3.12. The Labute approximate surface area is 342 Å². The number of pyridine rings is 1. The molecule has 18 heteroatoms. The maximum absolute atomic E-state index is 15.1. The fourth-order valence-electron chi connectivity index (χ4n) is 8.28. The highest BCUT2D eigenvalue weighted by Crippen LogP contribution is 2.48. The number of nitrogens with one attached hydrogen (secondary N) is 2. The second kappa shape index (κ2) is 15.8. The first-order valence-electron chi connectivity index (χ1n) is 20.1. The smallest absolute Gasteiger partial charge is 0.411 e. The summed E-state index contributed by atoms with van der Waals surface area (Å²) in [7, 11) is -4.12. The van der Waals surface area contributed by atoms with Gasteiger partial charge in [0, 0.05) is 23.8 Å². The van der Waals surface area contributed by atoms with E-state index in [0.29, 0.717) is 50.3 Å². The Morgan fingerprint density at radius 3 is 2.42 bits per heavy atom. The van der Waals surface area contributed by atoms with E-state index in [1.807, 2.05) is 39.0 Å². The molecule has 14 nitrogen and oxygen atoms in total. The fourth-order valence-corrected chi connectivity index (χ4v) is 9.59. The lowest BCUT2D eigenvalue weighted by Gasteiger charge is -2.45. The van der Waals surface area contributed by atoms with Crippen LogP contribution in [0.4, 0.5) is 18.0 Å². The zero-order valence-electron chi connectivity index (χ0n) is 34.3. The third-order valence-corrected chi connectivity index (χ3v) is 14.5. The van der Waals surface area contributed by atoms with Crippen LogP contribution in [0.25, 0.3) is 10.8 Å². The van der Waals surface area contributed by atoms with Gasteiger partial charge in [0.1, 0.15) is 29.3 Å². The number of alkyl halides is 3. The fraction of sp³-hybridized carbons (Fsp3) is 0.634. The first-order chi connectivity index (χ1) is 27.4. The first-order valence-corrected chi connectivity index (χ1v) is 21.6. The number of carboxylic acid groups (broad SMARTS) is 1. The van der Waals surface area contributed by atoms with Crippen molar-refractivity contribution in [3.05, 3.63) is 42.5 Å². The number of carbonyl (C=O) groups excluding carboxylic acids is 3. The Kier molecular flexibility index (Phi) is 11.8. The Hall–Kier alpha value is -4.61. The van der Waals surface area contributed by atoms with Crippen molar-refractivity contribution in [3.63, 3.8) is 0 Å². The van der Waals surface area contributed by atoms with Gasteiger partial charge in [-0.3, -0.25) is 24.0 Å². The van der Waals surface area contributed by atoms with Crippen LogP contribution in [-0.4, -0.2) is 105 Å². The number of carbonyl (C=O) groups is 4. The summed E-state index contributed by atoms with van der Waals surface area (Å²) in [6, 6.07) is 5.48. The minimum atomic E-state index is -5.10. The molecule has 324 valence electrons. The number of benzene rings is 1. The van der Waals surface area contributed by atoms with Gasteiger partial charge in [0.25, 0.3) is 5.91 Å². The second-order valence-corrected chi connectivity index (χ2v) is 20.0. The molecule has 4 amide bonds. The molecule has 0 unspecified atom stereocenters. The van der Waals surface area contributed by atoms with Crippen LogP contribution in [0, 0.1) is 17.8 Å². The normalized spacial score (nSPS) is 28.8. The lowest BCUT2D eigenvalue weighted by Crippen LogP contribution is -2.66. The largest absolute Gasteiger partial charge is 0.475 e. The maximum atomic E-state index is 15.1. The van der Waals surface area contributed by atoms with E-state index in [4.69, 9.17) is 9.47 Å². The van der Waals surface area contributed by atoms with E-state index in [9.17, 15) is 41.1 Å². The second-order valence-electron chi connectivity index (χ2n) is 17.8. The summed E-state index contributed by atoms with van der Waals surface area (Å²) in [4.78, 5) is 62.3. The molecule has 2 aromatic rings. The quantitative estimate of drug-likeness (QED) is 0.255. The number of allylic oxidation sites excluding steroid dienone is 1. The topological polar surface area (TPSA) is 185 Å². The van der Waals surface area contributed by atoms with E-state index < -0.39 is 85.9 Å². The minimum Gasteiger partial charge on any atom is -0.475 e. The molecule has 7 atom stereocenters. The number of halogens is 3. The molecule has 2 aliphatic heterocycles. The molecular formula is C41H54F3N5O9S. The SMILES string of the molecule is CC(C)Oc1cc2ccccc2c(O[C@@H]2C[C@H]3C(=O)N[C@]4(C(=O)NS(=O)(=O)C5(C)CC5)C[C@H]4C=CCC[C@@H](C)C[C@@H](C)[C@H](N(C(=O)O)C(C)(C)C(F)(F)F)C(=O)N3C2)n1. The highest BCUT2D eigenvalue weighted by atomic mass is 32.2. The number of hydrogen-bond donors (Lipinski definition) is 3. The first kappa shape index (κ1) is 44.0. The van der Waals surface area contributed by atoms with E-state index in [1.54, 1.807) is 24.3 Å². The van der Waals surface area contributed by atoms with Crippen molar-refractivity contribution in [1.82, 2.24) is 24.8 Å². The molecule has 3 heterocycles. The van der Waals surface area contributed by atoms with E-state index >= 15 is 4.79 Å². The number of nitrogens with zero attached hydrogens (tertiary/aromatic N) is 3. The van der Waals surface area contributed by atoms with Crippen molar-refractivity contribution < 1.29 is 55.3 Å². The molecule has 3 N–H and O–H groups in total. The van der Waals surface area contributed by atoms with Gasteiger partial charge in [-0.25, -0.2) is 13.2 Å². The van der Waals surface area contributed by atoms with E-state index in [-0.39, 0.29) is 54.5 Å². The maximum Gasteiger partial charge on any atom is 0.411 e. The van der Waals surface area contributed by atoms with Gasteiger partial charge in [-0.15, -0.1) is 0 Å². The van der Waals surface area contributed by atoms with Gasteiger partial charge in [0.2, 0.25) is 33.6 Å². The predicted molar refractivity (Wildman–Crippen MR) is 211 cm³/mol. The molecule has 0 spiro atoms. The van der Waals surface area contributed by atoms with Crippen molar-refractivity contribution in [2.75, 3.05) is 6.54 Å². The molecule has 3 fully saturated rings. The van der Waals surface area contributed by atoms with Crippen LogP contribution in [0.15, 0.2) is 42.5 Å². The molecule has 2 aliphatic carbocycles. The minimum absolute atomic E-state index is 0.0498. The molecule has 2 saturated carbocycles. The van der Waals surface area contributed by atoms with Gasteiger partial charge in [-0.05, 0) is 96.4 Å². The van der Waals surface area contributed by atoms with Crippen molar-refractivity contribution in [2.24, 2.45) is 17.8 Å². The van der Waals surface area contributed by atoms with Crippen LogP contribution >= 0.6 is 0 Å². The van der Waals surface area contributed by atoms with Gasteiger partial charge in [0.05, 0.1) is 17.4 Å². The third kappa shape index (κ3) is 8.69. The van der Waals surface area contributed by atoms with Crippen LogP contribution < -0.4 is 19.5 Å². The summed E-state index contributed by atoms with van der Waals surface area (Å²) in [6.45, 7) is 9.55. The van der Waals surface area contributed by atoms with Gasteiger partial charge >= 0.3 is 12.3 Å². The number of amides is 4. The van der Waals surface area contributed by atoms with Crippen molar-refractivity contribution in [2.45, 2.75) is 140 Å². The standard InChI is InChI=1S/C41H54F3N5O9S/c1-23(2)57-31-19-26-13-9-11-15-29(26)34(45-31)58-28-20-30-33(50)46-40(36(52)47-59(55,56)39(7)16-17-39)21-27(40)14-10-8-12-24(3)18-25(4)32(35(51)48(30)22-28)49(37(53)54)38(5,6)41(42,43)44/h9-11,13-15,19,23-25,27-28,30,32H,8,12,16-18,20-22H2,1-7H3,(H,46,50)(H,47,52)(H,53,54)/t24-,25-,27-,28-,30+,32+,40-/m1/s1. The average molecular weight is 850 g/mol. The Balaban J connectivity index is 1.44. The number of sulfonamides is 1. The van der Waals surface area contributed by atoms with Crippen LogP contribution in [-0.2, 0) is 24.4 Å². The van der Waals surface area contributed by atoms with E-state index in [0.717, 1.165) is 4.90 Å². The average Bonchev–Trinajstić information content (AvgIpc) is 4.01. The van der Waals surface area contributed by atoms with Gasteiger partial charge in [-0.1, -0.05) is 44.2 Å². The lowest BCUT2D eigenvalue weighted by atomic mass is 9.85. The zero-order chi connectivity index (χ0) is 43.5. The Bertz CT molecular complexity index is 2130.